The van der Waals surface area contributed by atoms with Gasteiger partial charge in [-0.3, -0.25) is 14.6 Å². The maximum Gasteiger partial charge on any atom is 0.233 e. The fourth-order valence-electron chi connectivity index (χ4n) is 2.46. The summed E-state index contributed by atoms with van der Waals surface area (Å²) < 4.78 is 5.20. The summed E-state index contributed by atoms with van der Waals surface area (Å²) in [6.45, 7) is 2.14. The number of hydrogen-bond acceptors (Lipinski definition) is 4. The molecule has 0 saturated carbocycles. The lowest BCUT2D eigenvalue weighted by atomic mass is 10.2. The fourth-order valence-corrected chi connectivity index (χ4v) is 2.46. The third-order valence-electron chi connectivity index (χ3n) is 3.58. The third kappa shape index (κ3) is 3.23. The van der Waals surface area contributed by atoms with Gasteiger partial charge in [0.15, 0.2) is 0 Å². The number of pyridine rings is 1. The molecule has 0 bridgehead atoms. The van der Waals surface area contributed by atoms with Gasteiger partial charge < -0.3 is 15.0 Å². The lowest BCUT2D eigenvalue weighted by molar-refractivity contribution is -0.138. The minimum Gasteiger partial charge on any atom is -0.378 e. The van der Waals surface area contributed by atoms with Crippen molar-refractivity contribution in [1.82, 2.24) is 9.88 Å². The zero-order chi connectivity index (χ0) is 15.4. The van der Waals surface area contributed by atoms with E-state index < -0.39 is 0 Å². The number of para-hydroxylation sites is 1. The van der Waals surface area contributed by atoms with Crippen LogP contribution in [-0.2, 0) is 14.3 Å². The normalized spacial score (nSPS) is 14.8. The number of fused-ring (bicyclic) bond motifs is 1. The van der Waals surface area contributed by atoms with Gasteiger partial charge >= 0.3 is 0 Å². The summed E-state index contributed by atoms with van der Waals surface area (Å²) in [7, 11) is 0. The predicted molar refractivity (Wildman–Crippen MR) is 82.4 cm³/mol. The Morgan fingerprint density at radius 1 is 1.18 bits per heavy atom. The minimum absolute atomic E-state index is 0.163. The van der Waals surface area contributed by atoms with E-state index in [1.807, 2.05) is 24.3 Å². The molecule has 1 saturated heterocycles. The van der Waals surface area contributed by atoms with E-state index in [2.05, 4.69) is 10.3 Å². The molecule has 114 valence electrons. The van der Waals surface area contributed by atoms with Gasteiger partial charge in [-0.1, -0.05) is 18.2 Å². The van der Waals surface area contributed by atoms with E-state index in [4.69, 9.17) is 4.74 Å². The average molecular weight is 299 g/mol. The maximum absolute atomic E-state index is 12.1. The van der Waals surface area contributed by atoms with Gasteiger partial charge in [0.25, 0.3) is 0 Å². The molecule has 0 unspecified atom stereocenters. The Kier molecular flexibility index (Phi) is 4.29. The van der Waals surface area contributed by atoms with Crippen molar-refractivity contribution in [3.05, 3.63) is 36.5 Å². The Morgan fingerprint density at radius 2 is 1.95 bits per heavy atom. The fraction of sp³-hybridized carbons (Fsp3) is 0.312. The van der Waals surface area contributed by atoms with Crippen LogP contribution in [0.25, 0.3) is 10.9 Å². The number of anilines is 1. The molecule has 1 aromatic carbocycles. The van der Waals surface area contributed by atoms with Crippen LogP contribution >= 0.6 is 0 Å². The first-order chi connectivity index (χ1) is 10.7. The standard InChI is InChI=1S/C16H17N3O3/c20-14(11-15(21)19-7-9-22-10-8-19)18-13-5-1-3-12-4-2-6-17-16(12)13/h1-6H,7-11H2,(H,18,20). The van der Waals surface area contributed by atoms with Crippen LogP contribution in [0, 0.1) is 0 Å². The van der Waals surface area contributed by atoms with E-state index in [-0.39, 0.29) is 18.2 Å². The molecule has 2 amide bonds. The smallest absolute Gasteiger partial charge is 0.233 e. The maximum atomic E-state index is 12.1. The summed E-state index contributed by atoms with van der Waals surface area (Å²) in [4.78, 5) is 30.1. The quantitative estimate of drug-likeness (QED) is 0.870. The molecule has 3 rings (SSSR count). The first-order valence-corrected chi connectivity index (χ1v) is 7.23. The summed E-state index contributed by atoms with van der Waals surface area (Å²) in [5, 5.41) is 3.72. The van der Waals surface area contributed by atoms with Gasteiger partial charge in [-0.2, -0.15) is 0 Å². The molecule has 6 nitrogen and oxygen atoms in total. The van der Waals surface area contributed by atoms with Crippen LogP contribution in [0.4, 0.5) is 5.69 Å². The SMILES string of the molecule is O=C(CC(=O)N1CCOCC1)Nc1cccc2cccnc12. The van der Waals surface area contributed by atoms with Crippen LogP contribution in [0.2, 0.25) is 0 Å². The number of morpholine rings is 1. The van der Waals surface area contributed by atoms with E-state index in [9.17, 15) is 9.59 Å². The van der Waals surface area contributed by atoms with Crippen molar-refractivity contribution in [3.63, 3.8) is 0 Å². The zero-order valence-electron chi connectivity index (χ0n) is 12.1. The summed E-state index contributed by atoms with van der Waals surface area (Å²) in [5.74, 6) is -0.497. The Hall–Kier alpha value is -2.47. The van der Waals surface area contributed by atoms with Gasteiger partial charge in [0.05, 0.1) is 24.4 Å². The number of hydrogen-bond donors (Lipinski definition) is 1. The van der Waals surface area contributed by atoms with Gasteiger partial charge in [0.1, 0.15) is 6.42 Å². The summed E-state index contributed by atoms with van der Waals surface area (Å²) in [6, 6.07) is 9.33. The van der Waals surface area contributed by atoms with E-state index in [0.717, 1.165) is 10.9 Å². The zero-order valence-corrected chi connectivity index (χ0v) is 12.1. The van der Waals surface area contributed by atoms with Crippen molar-refractivity contribution in [2.75, 3.05) is 31.6 Å². The molecule has 22 heavy (non-hydrogen) atoms. The van der Waals surface area contributed by atoms with Gasteiger partial charge in [-0.15, -0.1) is 0 Å². The first-order valence-electron chi connectivity index (χ1n) is 7.23. The van der Waals surface area contributed by atoms with E-state index in [1.54, 1.807) is 17.2 Å². The first kappa shape index (κ1) is 14.5. The number of amides is 2. The minimum atomic E-state index is -0.324. The number of ether oxygens (including phenoxy) is 1. The third-order valence-corrected chi connectivity index (χ3v) is 3.58. The van der Waals surface area contributed by atoms with E-state index >= 15 is 0 Å². The lowest BCUT2D eigenvalue weighted by Gasteiger charge is -2.26. The number of nitrogens with zero attached hydrogens (tertiary/aromatic N) is 2. The second-order valence-electron chi connectivity index (χ2n) is 5.10. The monoisotopic (exact) mass is 299 g/mol. The van der Waals surface area contributed by atoms with Crippen molar-refractivity contribution in [1.29, 1.82) is 0 Å². The second-order valence-corrected chi connectivity index (χ2v) is 5.10. The van der Waals surface area contributed by atoms with Crippen LogP contribution < -0.4 is 5.32 Å². The highest BCUT2D eigenvalue weighted by atomic mass is 16.5. The van der Waals surface area contributed by atoms with Crippen LogP contribution in [0.1, 0.15) is 6.42 Å². The highest BCUT2D eigenvalue weighted by Crippen LogP contribution is 2.20. The molecule has 1 N–H and O–H groups in total. The van der Waals surface area contributed by atoms with Crippen LogP contribution in [0.5, 0.6) is 0 Å². The highest BCUT2D eigenvalue weighted by Gasteiger charge is 2.19. The largest absolute Gasteiger partial charge is 0.378 e. The number of carbonyl (C=O) groups is 2. The van der Waals surface area contributed by atoms with Gasteiger partial charge in [0.2, 0.25) is 11.8 Å². The molecule has 0 aliphatic carbocycles. The molecule has 1 fully saturated rings. The van der Waals surface area contributed by atoms with Crippen LogP contribution in [-0.4, -0.2) is 48.0 Å². The van der Waals surface area contributed by atoms with Crippen molar-refractivity contribution >= 4 is 28.4 Å². The van der Waals surface area contributed by atoms with Gasteiger partial charge in [-0.05, 0) is 12.1 Å². The molecule has 1 aliphatic heterocycles. The Balaban J connectivity index is 1.67. The molecule has 6 heteroatoms. The predicted octanol–water partition coefficient (Wildman–Crippen LogP) is 1.42. The average Bonchev–Trinajstić information content (AvgIpc) is 2.56. The second kappa shape index (κ2) is 6.53. The summed E-state index contributed by atoms with van der Waals surface area (Å²) in [6.07, 6.45) is 1.51. The molecule has 0 radical (unpaired) electrons. The highest BCUT2D eigenvalue weighted by molar-refractivity contribution is 6.07. The van der Waals surface area contributed by atoms with Crippen molar-refractivity contribution in [2.24, 2.45) is 0 Å². The van der Waals surface area contributed by atoms with E-state index in [1.165, 1.54) is 0 Å². The molecule has 1 aliphatic rings. The van der Waals surface area contributed by atoms with Crippen molar-refractivity contribution < 1.29 is 14.3 Å². The lowest BCUT2D eigenvalue weighted by Crippen LogP contribution is -2.41. The van der Waals surface area contributed by atoms with Crippen LogP contribution in [0.3, 0.4) is 0 Å². The summed E-state index contributed by atoms with van der Waals surface area (Å²) >= 11 is 0. The topological polar surface area (TPSA) is 71.5 Å². The van der Waals surface area contributed by atoms with Gasteiger partial charge in [0, 0.05) is 24.7 Å². The van der Waals surface area contributed by atoms with Crippen LogP contribution in [0.15, 0.2) is 36.5 Å². The molecule has 2 aromatic rings. The Bertz CT molecular complexity index is 691. The Morgan fingerprint density at radius 3 is 2.77 bits per heavy atom. The molecule has 1 aromatic heterocycles. The van der Waals surface area contributed by atoms with Crippen molar-refractivity contribution in [2.45, 2.75) is 6.42 Å². The number of aromatic nitrogens is 1. The summed E-state index contributed by atoms with van der Waals surface area (Å²) in [5.41, 5.74) is 1.34. The molecular formula is C16H17N3O3. The number of nitrogens with one attached hydrogen (secondary N) is 1. The number of benzene rings is 1. The molecule has 2 heterocycles. The van der Waals surface area contributed by atoms with Gasteiger partial charge in [-0.25, -0.2) is 0 Å². The number of rotatable bonds is 3. The number of carbonyl (C=O) groups excluding carboxylic acids is 2. The van der Waals surface area contributed by atoms with Crippen molar-refractivity contribution in [3.8, 4) is 0 Å². The molecular weight excluding hydrogens is 282 g/mol. The van der Waals surface area contributed by atoms with E-state index in [0.29, 0.717) is 32.0 Å². The molecule has 0 spiro atoms. The molecule has 0 atom stereocenters. The Labute approximate surface area is 128 Å².